The smallest absolute Gasteiger partial charge is 0.0201 e. The molecular formula is C6H14P2. The van der Waals surface area contributed by atoms with E-state index in [1.54, 1.807) is 0 Å². The molecule has 8 heavy (non-hydrogen) atoms. The molecule has 0 aromatic rings. The molecule has 4 unspecified atom stereocenters. The van der Waals surface area contributed by atoms with Crippen LogP contribution in [0.2, 0.25) is 0 Å². The molecule has 1 rings (SSSR count). The molecule has 0 aromatic carbocycles. The van der Waals surface area contributed by atoms with Gasteiger partial charge < -0.3 is 0 Å². The standard InChI is InChI=1S/C6H14P2/c7-5-3-1-2-4-6(5)8/h5-6H,1-4,7-8H2. The topological polar surface area (TPSA) is 0 Å². The van der Waals surface area contributed by atoms with Crippen LogP contribution < -0.4 is 0 Å². The molecule has 0 N–H and O–H groups in total. The van der Waals surface area contributed by atoms with Crippen molar-refractivity contribution in [3.63, 3.8) is 0 Å². The van der Waals surface area contributed by atoms with Crippen LogP contribution in [0.4, 0.5) is 0 Å². The minimum atomic E-state index is 0.883. The molecule has 0 nitrogen and oxygen atoms in total. The average molecular weight is 148 g/mol. The van der Waals surface area contributed by atoms with E-state index in [0.29, 0.717) is 0 Å². The van der Waals surface area contributed by atoms with E-state index in [4.69, 9.17) is 0 Å². The molecule has 1 aliphatic rings. The summed E-state index contributed by atoms with van der Waals surface area (Å²) in [6.45, 7) is 0. The summed E-state index contributed by atoms with van der Waals surface area (Å²) in [5.41, 5.74) is 1.77. The molecule has 48 valence electrons. The molecule has 1 fully saturated rings. The highest BCUT2D eigenvalue weighted by atomic mass is 31.0. The lowest BCUT2D eigenvalue weighted by molar-refractivity contribution is 0.527. The van der Waals surface area contributed by atoms with Crippen LogP contribution in [0.3, 0.4) is 0 Å². The molecular weight excluding hydrogens is 134 g/mol. The molecule has 0 aromatic heterocycles. The van der Waals surface area contributed by atoms with Gasteiger partial charge in [0, 0.05) is 0 Å². The van der Waals surface area contributed by atoms with Gasteiger partial charge in [-0.3, -0.25) is 0 Å². The first-order valence-electron chi connectivity index (χ1n) is 3.32. The Morgan fingerprint density at radius 1 is 0.875 bits per heavy atom. The Morgan fingerprint density at radius 3 is 1.50 bits per heavy atom. The van der Waals surface area contributed by atoms with Gasteiger partial charge in [-0.05, 0) is 24.2 Å². The molecule has 0 bridgehead atoms. The van der Waals surface area contributed by atoms with Gasteiger partial charge in [-0.2, -0.15) is 0 Å². The monoisotopic (exact) mass is 148 g/mol. The van der Waals surface area contributed by atoms with Crippen LogP contribution in [0.5, 0.6) is 0 Å². The summed E-state index contributed by atoms with van der Waals surface area (Å²) in [6.07, 6.45) is 5.72. The molecule has 1 aliphatic carbocycles. The second-order valence-corrected chi connectivity index (χ2v) is 4.32. The van der Waals surface area contributed by atoms with E-state index in [1.165, 1.54) is 25.7 Å². The van der Waals surface area contributed by atoms with Crippen LogP contribution in [-0.4, -0.2) is 11.3 Å². The van der Waals surface area contributed by atoms with Gasteiger partial charge in [0.15, 0.2) is 0 Å². The Bertz CT molecular complexity index is 62.9. The van der Waals surface area contributed by atoms with Crippen molar-refractivity contribution in [1.82, 2.24) is 0 Å². The maximum Gasteiger partial charge on any atom is -0.0201 e. The zero-order valence-corrected chi connectivity index (χ0v) is 7.45. The second-order valence-electron chi connectivity index (χ2n) is 2.61. The van der Waals surface area contributed by atoms with Gasteiger partial charge in [-0.25, -0.2) is 0 Å². The van der Waals surface area contributed by atoms with Crippen molar-refractivity contribution in [2.75, 3.05) is 0 Å². The summed E-state index contributed by atoms with van der Waals surface area (Å²) in [4.78, 5) is 0. The lowest BCUT2D eigenvalue weighted by Gasteiger charge is -2.24. The SMILES string of the molecule is PC1CCCCC1P. The molecule has 0 radical (unpaired) electrons. The quantitative estimate of drug-likeness (QED) is 0.461. The van der Waals surface area contributed by atoms with Crippen LogP contribution in [0.25, 0.3) is 0 Å². The molecule has 0 saturated heterocycles. The van der Waals surface area contributed by atoms with Crippen molar-refractivity contribution >= 4 is 18.5 Å². The fraction of sp³-hybridized carbons (Fsp3) is 1.00. The van der Waals surface area contributed by atoms with E-state index >= 15 is 0 Å². The maximum absolute atomic E-state index is 2.92. The highest BCUT2D eigenvalue weighted by molar-refractivity contribution is 7.23. The molecule has 1 saturated carbocycles. The van der Waals surface area contributed by atoms with Crippen LogP contribution in [0, 0.1) is 0 Å². The first kappa shape index (κ1) is 6.97. The summed E-state index contributed by atoms with van der Waals surface area (Å²) in [5, 5.41) is 0. The molecule has 0 spiro atoms. The van der Waals surface area contributed by atoms with E-state index in [9.17, 15) is 0 Å². The molecule has 4 atom stereocenters. The minimum absolute atomic E-state index is 0.883. The van der Waals surface area contributed by atoms with Gasteiger partial charge in [0.1, 0.15) is 0 Å². The zero-order valence-electron chi connectivity index (χ0n) is 5.14. The highest BCUT2D eigenvalue weighted by Gasteiger charge is 2.15. The third-order valence-electron chi connectivity index (χ3n) is 1.87. The van der Waals surface area contributed by atoms with Gasteiger partial charge in [-0.1, -0.05) is 12.8 Å². The van der Waals surface area contributed by atoms with Gasteiger partial charge in [0.2, 0.25) is 0 Å². The molecule has 2 heteroatoms. The largest absolute Gasteiger partial charge is 0.134 e. The van der Waals surface area contributed by atoms with Gasteiger partial charge in [0.05, 0.1) is 0 Å². The van der Waals surface area contributed by atoms with Gasteiger partial charge >= 0.3 is 0 Å². The van der Waals surface area contributed by atoms with Crippen molar-refractivity contribution in [2.24, 2.45) is 0 Å². The zero-order chi connectivity index (χ0) is 5.98. The van der Waals surface area contributed by atoms with Crippen LogP contribution >= 0.6 is 18.5 Å². The summed E-state index contributed by atoms with van der Waals surface area (Å²) in [7, 11) is 5.85. The first-order valence-corrected chi connectivity index (χ1v) is 4.65. The Morgan fingerprint density at radius 2 is 1.25 bits per heavy atom. The Hall–Kier alpha value is 0.860. The lowest BCUT2D eigenvalue weighted by atomic mass is 10.00. The summed E-state index contributed by atoms with van der Waals surface area (Å²) in [5.74, 6) is 0. The Balaban J connectivity index is 2.28. The van der Waals surface area contributed by atoms with E-state index in [0.717, 1.165) is 11.3 Å². The number of hydrogen-bond donors (Lipinski definition) is 0. The summed E-state index contributed by atoms with van der Waals surface area (Å²) in [6, 6.07) is 0. The normalized spacial score (nSPS) is 39.8. The molecule has 0 amide bonds. The second kappa shape index (κ2) is 3.14. The third-order valence-corrected chi connectivity index (χ3v) is 3.97. The minimum Gasteiger partial charge on any atom is -0.134 e. The molecule has 0 aliphatic heterocycles. The van der Waals surface area contributed by atoms with Crippen molar-refractivity contribution in [3.05, 3.63) is 0 Å². The number of rotatable bonds is 0. The molecule has 0 heterocycles. The van der Waals surface area contributed by atoms with Gasteiger partial charge in [-0.15, -0.1) is 18.5 Å². The van der Waals surface area contributed by atoms with E-state index in [2.05, 4.69) is 18.5 Å². The predicted molar refractivity (Wildman–Crippen MR) is 45.5 cm³/mol. The average Bonchev–Trinajstić information content (AvgIpc) is 1.77. The third kappa shape index (κ3) is 1.67. The fourth-order valence-electron chi connectivity index (χ4n) is 1.19. The Kier molecular flexibility index (Phi) is 2.73. The first-order chi connectivity index (χ1) is 3.80. The Labute approximate surface area is 56.2 Å². The summed E-state index contributed by atoms with van der Waals surface area (Å²) < 4.78 is 0. The van der Waals surface area contributed by atoms with Crippen LogP contribution in [-0.2, 0) is 0 Å². The van der Waals surface area contributed by atoms with Gasteiger partial charge in [0.25, 0.3) is 0 Å². The van der Waals surface area contributed by atoms with E-state index < -0.39 is 0 Å². The summed E-state index contributed by atoms with van der Waals surface area (Å²) >= 11 is 0. The van der Waals surface area contributed by atoms with Crippen molar-refractivity contribution in [2.45, 2.75) is 37.0 Å². The lowest BCUT2D eigenvalue weighted by Crippen LogP contribution is -2.17. The van der Waals surface area contributed by atoms with Crippen molar-refractivity contribution in [1.29, 1.82) is 0 Å². The van der Waals surface area contributed by atoms with Crippen LogP contribution in [0.1, 0.15) is 25.7 Å². The maximum atomic E-state index is 2.92. The van der Waals surface area contributed by atoms with E-state index in [-0.39, 0.29) is 0 Å². The van der Waals surface area contributed by atoms with E-state index in [1.807, 2.05) is 0 Å². The van der Waals surface area contributed by atoms with Crippen LogP contribution in [0.15, 0.2) is 0 Å². The number of hydrogen-bond acceptors (Lipinski definition) is 0. The highest BCUT2D eigenvalue weighted by Crippen LogP contribution is 2.29. The van der Waals surface area contributed by atoms with Crippen molar-refractivity contribution < 1.29 is 0 Å². The van der Waals surface area contributed by atoms with Crippen molar-refractivity contribution in [3.8, 4) is 0 Å². The predicted octanol–water partition coefficient (Wildman–Crippen LogP) is 2.05. The fourth-order valence-corrected chi connectivity index (χ4v) is 2.04.